The monoisotopic (exact) mass is 455 g/mol. The van der Waals surface area contributed by atoms with E-state index in [0.29, 0.717) is 15.8 Å². The van der Waals surface area contributed by atoms with E-state index in [9.17, 15) is 17.6 Å². The highest BCUT2D eigenvalue weighted by molar-refractivity contribution is 7.91. The Kier molecular flexibility index (Phi) is 6.06. The van der Waals surface area contributed by atoms with Crippen LogP contribution >= 0.6 is 11.3 Å². The van der Waals surface area contributed by atoms with E-state index < -0.39 is 27.3 Å². The molecule has 2 aromatic carbocycles. The lowest BCUT2D eigenvalue weighted by atomic mass is 10.2. The summed E-state index contributed by atoms with van der Waals surface area (Å²) in [5.74, 6) is -2.04. The van der Waals surface area contributed by atoms with Crippen molar-refractivity contribution in [1.29, 1.82) is 0 Å². The van der Waals surface area contributed by atoms with Crippen LogP contribution in [0.25, 0.3) is 10.2 Å². The predicted molar refractivity (Wildman–Crippen MR) is 119 cm³/mol. The van der Waals surface area contributed by atoms with Gasteiger partial charge in [0.25, 0.3) is 0 Å². The van der Waals surface area contributed by atoms with Crippen molar-refractivity contribution in [2.45, 2.75) is 12.3 Å². The van der Waals surface area contributed by atoms with Gasteiger partial charge in [0.2, 0.25) is 5.91 Å². The fourth-order valence-electron chi connectivity index (χ4n) is 3.10. The van der Waals surface area contributed by atoms with E-state index in [4.69, 9.17) is 0 Å². The fraction of sp³-hybridized carbons (Fsp3) is 0.136. The van der Waals surface area contributed by atoms with Crippen LogP contribution in [0, 0.1) is 5.82 Å². The van der Waals surface area contributed by atoms with Gasteiger partial charge in [0, 0.05) is 12.4 Å². The van der Waals surface area contributed by atoms with Crippen molar-refractivity contribution in [1.82, 2.24) is 9.97 Å². The van der Waals surface area contributed by atoms with Crippen molar-refractivity contribution >= 4 is 42.4 Å². The highest BCUT2D eigenvalue weighted by atomic mass is 32.2. The second-order valence-electron chi connectivity index (χ2n) is 6.94. The number of para-hydroxylation sites is 1. The van der Waals surface area contributed by atoms with Crippen molar-refractivity contribution in [2.75, 3.05) is 10.7 Å². The molecule has 0 saturated carbocycles. The van der Waals surface area contributed by atoms with E-state index in [2.05, 4.69) is 9.97 Å². The summed E-state index contributed by atoms with van der Waals surface area (Å²) in [6.07, 6.45) is 3.19. The number of sulfone groups is 1. The molecule has 6 nitrogen and oxygen atoms in total. The van der Waals surface area contributed by atoms with Crippen LogP contribution in [-0.2, 0) is 26.9 Å². The molecule has 0 bridgehead atoms. The van der Waals surface area contributed by atoms with E-state index in [0.717, 1.165) is 11.3 Å². The molecule has 4 rings (SSSR count). The molecular weight excluding hydrogens is 437 g/mol. The number of pyridine rings is 1. The number of halogens is 1. The van der Waals surface area contributed by atoms with Gasteiger partial charge in [-0.1, -0.05) is 53.8 Å². The van der Waals surface area contributed by atoms with Gasteiger partial charge in [-0.15, -0.1) is 0 Å². The number of anilines is 1. The summed E-state index contributed by atoms with van der Waals surface area (Å²) in [6, 6.07) is 16.8. The Morgan fingerprint density at radius 1 is 1.00 bits per heavy atom. The topological polar surface area (TPSA) is 80.2 Å². The standard InChI is InChI=1S/C22H18FN3O3S2/c23-18-9-4-10-19-21(18)25-22(30-19)26(13-17-8-5-11-24-12-17)20(27)15-31(28,29)14-16-6-2-1-3-7-16/h1-12H,13-15H2. The first kappa shape index (κ1) is 21.1. The third-order valence-corrected chi connectivity index (χ3v) is 7.03. The van der Waals surface area contributed by atoms with E-state index in [1.807, 2.05) is 0 Å². The second-order valence-corrected chi connectivity index (χ2v) is 10.0. The third-order valence-electron chi connectivity index (χ3n) is 4.53. The summed E-state index contributed by atoms with van der Waals surface area (Å²) < 4.78 is 40.1. The van der Waals surface area contributed by atoms with Gasteiger partial charge in [-0.05, 0) is 29.3 Å². The Balaban J connectivity index is 1.64. The molecule has 9 heteroatoms. The molecule has 0 saturated heterocycles. The number of hydrogen-bond acceptors (Lipinski definition) is 6. The quantitative estimate of drug-likeness (QED) is 0.421. The molecule has 158 valence electrons. The third kappa shape index (κ3) is 5.12. The van der Waals surface area contributed by atoms with E-state index in [-0.39, 0.29) is 22.9 Å². The largest absolute Gasteiger partial charge is 0.283 e. The van der Waals surface area contributed by atoms with E-state index in [1.54, 1.807) is 67.0 Å². The number of carbonyl (C=O) groups excluding carboxylic acids is 1. The number of hydrogen-bond donors (Lipinski definition) is 0. The average molecular weight is 456 g/mol. The smallest absolute Gasteiger partial charge is 0.244 e. The molecule has 0 N–H and O–H groups in total. The normalized spacial score (nSPS) is 11.5. The van der Waals surface area contributed by atoms with Crippen molar-refractivity contribution in [2.24, 2.45) is 0 Å². The number of carbonyl (C=O) groups is 1. The molecule has 0 aliphatic heterocycles. The van der Waals surface area contributed by atoms with Crippen LogP contribution in [0.4, 0.5) is 9.52 Å². The van der Waals surface area contributed by atoms with Gasteiger partial charge >= 0.3 is 0 Å². The molecule has 2 heterocycles. The number of fused-ring (bicyclic) bond motifs is 1. The molecule has 0 aliphatic carbocycles. The van der Waals surface area contributed by atoms with Crippen molar-refractivity contribution in [3.05, 3.63) is 90.0 Å². The SMILES string of the molecule is O=C(CS(=O)(=O)Cc1ccccc1)N(Cc1cccnc1)c1nc2c(F)cccc2s1. The van der Waals surface area contributed by atoms with Crippen LogP contribution in [0.1, 0.15) is 11.1 Å². The Morgan fingerprint density at radius 3 is 2.48 bits per heavy atom. The minimum atomic E-state index is -3.72. The second kappa shape index (κ2) is 8.91. The molecule has 2 aromatic heterocycles. The first-order valence-corrected chi connectivity index (χ1v) is 12.0. The van der Waals surface area contributed by atoms with E-state index >= 15 is 0 Å². The van der Waals surface area contributed by atoms with Gasteiger partial charge in [-0.2, -0.15) is 0 Å². The van der Waals surface area contributed by atoms with Gasteiger partial charge in [-0.3, -0.25) is 14.7 Å². The fourth-order valence-corrected chi connectivity index (χ4v) is 5.43. The molecule has 0 aliphatic rings. The number of amides is 1. The van der Waals surface area contributed by atoms with Crippen molar-refractivity contribution in [3.63, 3.8) is 0 Å². The van der Waals surface area contributed by atoms with Crippen LogP contribution in [0.5, 0.6) is 0 Å². The predicted octanol–water partition coefficient (Wildman–Crippen LogP) is 3.98. The average Bonchev–Trinajstić information content (AvgIpc) is 3.18. The first-order chi connectivity index (χ1) is 14.9. The summed E-state index contributed by atoms with van der Waals surface area (Å²) in [6.45, 7) is 0.0783. The number of thiazole rings is 1. The zero-order chi connectivity index (χ0) is 21.8. The molecule has 0 atom stereocenters. The lowest BCUT2D eigenvalue weighted by molar-refractivity contribution is -0.116. The molecule has 0 radical (unpaired) electrons. The van der Waals surface area contributed by atoms with E-state index in [1.165, 1.54) is 11.0 Å². The van der Waals surface area contributed by atoms with Gasteiger partial charge in [-0.25, -0.2) is 17.8 Å². The Morgan fingerprint density at radius 2 is 1.77 bits per heavy atom. The lowest BCUT2D eigenvalue weighted by Crippen LogP contribution is -2.35. The van der Waals surface area contributed by atoms with Crippen LogP contribution in [0.15, 0.2) is 73.1 Å². The minimum absolute atomic E-state index is 0.0783. The van der Waals surface area contributed by atoms with Crippen LogP contribution in [-0.4, -0.2) is 30.0 Å². The number of nitrogens with zero attached hydrogens (tertiary/aromatic N) is 3. The molecule has 31 heavy (non-hydrogen) atoms. The van der Waals surface area contributed by atoms with Gasteiger partial charge in [0.05, 0.1) is 17.0 Å². The number of aromatic nitrogens is 2. The Bertz CT molecular complexity index is 1310. The maximum absolute atomic E-state index is 14.1. The highest BCUT2D eigenvalue weighted by Crippen LogP contribution is 2.31. The van der Waals surface area contributed by atoms with Crippen LogP contribution in [0.2, 0.25) is 0 Å². The maximum Gasteiger partial charge on any atom is 0.244 e. The summed E-state index contributed by atoms with van der Waals surface area (Å²) in [5.41, 5.74) is 1.46. The molecule has 4 aromatic rings. The number of benzene rings is 2. The van der Waals surface area contributed by atoms with Gasteiger partial charge in [0.1, 0.15) is 17.1 Å². The Hall–Kier alpha value is -3.17. The first-order valence-electron chi connectivity index (χ1n) is 9.40. The lowest BCUT2D eigenvalue weighted by Gasteiger charge is -2.20. The van der Waals surface area contributed by atoms with Crippen molar-refractivity contribution in [3.8, 4) is 0 Å². The van der Waals surface area contributed by atoms with Crippen LogP contribution < -0.4 is 4.90 Å². The van der Waals surface area contributed by atoms with Gasteiger partial charge in [0.15, 0.2) is 15.0 Å². The summed E-state index contributed by atoms with van der Waals surface area (Å²) in [5, 5.41) is 0.240. The highest BCUT2D eigenvalue weighted by Gasteiger charge is 2.26. The summed E-state index contributed by atoms with van der Waals surface area (Å²) in [7, 11) is -3.72. The molecular formula is C22H18FN3O3S2. The van der Waals surface area contributed by atoms with Gasteiger partial charge < -0.3 is 0 Å². The van der Waals surface area contributed by atoms with Crippen LogP contribution in [0.3, 0.4) is 0 Å². The zero-order valence-electron chi connectivity index (χ0n) is 16.3. The Labute approximate surface area is 182 Å². The van der Waals surface area contributed by atoms with Crippen molar-refractivity contribution < 1.29 is 17.6 Å². The number of rotatable bonds is 7. The molecule has 0 fully saturated rings. The molecule has 0 spiro atoms. The molecule has 0 unspecified atom stereocenters. The maximum atomic E-state index is 14.1. The summed E-state index contributed by atoms with van der Waals surface area (Å²) in [4.78, 5) is 22.7. The zero-order valence-corrected chi connectivity index (χ0v) is 17.9. The summed E-state index contributed by atoms with van der Waals surface area (Å²) >= 11 is 1.14. The molecule has 1 amide bonds. The minimum Gasteiger partial charge on any atom is -0.283 e.